The van der Waals surface area contributed by atoms with Crippen molar-refractivity contribution in [1.29, 1.82) is 0 Å². The Labute approximate surface area is 110 Å². The van der Waals surface area contributed by atoms with Crippen molar-refractivity contribution in [3.63, 3.8) is 0 Å². The second-order valence-electron chi connectivity index (χ2n) is 3.76. The van der Waals surface area contributed by atoms with Gasteiger partial charge in [-0.15, -0.1) is 0 Å². The van der Waals surface area contributed by atoms with Gasteiger partial charge in [-0.05, 0) is 40.9 Å². The van der Waals surface area contributed by atoms with Crippen molar-refractivity contribution in [2.45, 2.75) is 13.5 Å². The number of benzene rings is 1. The normalized spacial score (nSPS) is 10.2. The van der Waals surface area contributed by atoms with Crippen molar-refractivity contribution < 1.29 is 4.74 Å². The smallest absolute Gasteiger partial charge is 0.123 e. The van der Waals surface area contributed by atoms with E-state index >= 15 is 0 Å². The van der Waals surface area contributed by atoms with Gasteiger partial charge in [0.05, 0.1) is 0 Å². The highest BCUT2D eigenvalue weighted by molar-refractivity contribution is 7.80. The highest BCUT2D eigenvalue weighted by atomic mass is 32.1. The first-order valence-electron chi connectivity index (χ1n) is 5.21. The Balaban J connectivity index is 2.14. The Morgan fingerprint density at radius 2 is 2.24 bits per heavy atom. The van der Waals surface area contributed by atoms with E-state index in [1.807, 2.05) is 30.5 Å². The summed E-state index contributed by atoms with van der Waals surface area (Å²) in [6.45, 7) is 2.58. The number of hydrogen-bond donors (Lipinski definition) is 1. The molecule has 0 unspecified atom stereocenters. The minimum absolute atomic E-state index is 0.394. The summed E-state index contributed by atoms with van der Waals surface area (Å²) in [7, 11) is 0. The van der Waals surface area contributed by atoms with Crippen molar-refractivity contribution >= 4 is 28.5 Å². The van der Waals surface area contributed by atoms with Gasteiger partial charge in [-0.2, -0.15) is 11.3 Å². The third-order valence-electron chi connectivity index (χ3n) is 2.45. The lowest BCUT2D eigenvalue weighted by atomic mass is 10.1. The Kier molecular flexibility index (Phi) is 3.76. The lowest BCUT2D eigenvalue weighted by Crippen LogP contribution is -2.09. The number of aryl methyl sites for hydroxylation is 1. The van der Waals surface area contributed by atoms with Crippen molar-refractivity contribution in [2.75, 3.05) is 0 Å². The van der Waals surface area contributed by atoms with Gasteiger partial charge in [0.2, 0.25) is 0 Å². The van der Waals surface area contributed by atoms with E-state index in [9.17, 15) is 0 Å². The largest absolute Gasteiger partial charge is 0.489 e. The molecular formula is C13H13NOS2. The molecule has 2 N–H and O–H groups in total. The fourth-order valence-electron chi connectivity index (χ4n) is 1.44. The summed E-state index contributed by atoms with van der Waals surface area (Å²) in [5.74, 6) is 0.835. The molecule has 0 aliphatic rings. The van der Waals surface area contributed by atoms with Gasteiger partial charge in [0.15, 0.2) is 0 Å². The van der Waals surface area contributed by atoms with Crippen LogP contribution in [0.1, 0.15) is 16.7 Å². The molecule has 0 radical (unpaired) electrons. The van der Waals surface area contributed by atoms with Crippen LogP contribution in [-0.2, 0) is 6.61 Å². The Hall–Kier alpha value is -1.39. The molecule has 88 valence electrons. The molecule has 0 spiro atoms. The van der Waals surface area contributed by atoms with Crippen LogP contribution in [0.4, 0.5) is 0 Å². The summed E-state index contributed by atoms with van der Waals surface area (Å²) >= 11 is 6.62. The van der Waals surface area contributed by atoms with E-state index < -0.39 is 0 Å². The van der Waals surface area contributed by atoms with Crippen molar-refractivity contribution in [3.8, 4) is 5.75 Å². The molecule has 0 atom stereocenters. The molecule has 1 heterocycles. The third kappa shape index (κ3) is 3.05. The quantitative estimate of drug-likeness (QED) is 0.860. The summed E-state index contributed by atoms with van der Waals surface area (Å²) in [6, 6.07) is 7.83. The zero-order chi connectivity index (χ0) is 12.3. The van der Waals surface area contributed by atoms with Gasteiger partial charge in [-0.3, -0.25) is 0 Å². The molecule has 4 heteroatoms. The Morgan fingerprint density at radius 3 is 2.88 bits per heavy atom. The van der Waals surface area contributed by atoms with Crippen LogP contribution >= 0.6 is 23.6 Å². The predicted molar refractivity (Wildman–Crippen MR) is 75.7 cm³/mol. The van der Waals surface area contributed by atoms with E-state index in [0.29, 0.717) is 11.6 Å². The van der Waals surface area contributed by atoms with Crippen molar-refractivity contribution in [2.24, 2.45) is 5.73 Å². The second kappa shape index (κ2) is 5.29. The molecule has 0 saturated heterocycles. The molecule has 1 aromatic carbocycles. The molecule has 0 aliphatic carbocycles. The van der Waals surface area contributed by atoms with E-state index in [0.717, 1.165) is 16.9 Å². The molecule has 0 amide bonds. The van der Waals surface area contributed by atoms with Gasteiger partial charge in [-0.25, -0.2) is 0 Å². The molecule has 2 nitrogen and oxygen atoms in total. The van der Waals surface area contributed by atoms with Crippen LogP contribution in [0.25, 0.3) is 0 Å². The highest BCUT2D eigenvalue weighted by Gasteiger charge is 2.04. The molecule has 17 heavy (non-hydrogen) atoms. The van der Waals surface area contributed by atoms with Gasteiger partial charge in [0.1, 0.15) is 17.3 Å². The maximum Gasteiger partial charge on any atom is 0.123 e. The lowest BCUT2D eigenvalue weighted by Gasteiger charge is -2.09. The molecular weight excluding hydrogens is 250 g/mol. The van der Waals surface area contributed by atoms with Crippen LogP contribution < -0.4 is 10.5 Å². The first-order chi connectivity index (χ1) is 8.16. The van der Waals surface area contributed by atoms with Gasteiger partial charge < -0.3 is 10.5 Å². The predicted octanol–water partition coefficient (Wildman–Crippen LogP) is 3.27. The van der Waals surface area contributed by atoms with Gasteiger partial charge >= 0.3 is 0 Å². The second-order valence-corrected chi connectivity index (χ2v) is 4.98. The maximum atomic E-state index is 5.76. The monoisotopic (exact) mass is 263 g/mol. The number of ether oxygens (including phenoxy) is 1. The number of nitrogens with two attached hydrogens (primary N) is 1. The van der Waals surface area contributed by atoms with E-state index in [2.05, 4.69) is 11.4 Å². The van der Waals surface area contributed by atoms with E-state index in [-0.39, 0.29) is 0 Å². The topological polar surface area (TPSA) is 35.2 Å². The standard InChI is InChI=1S/C13H13NOS2/c1-9-2-3-11(13(14)16)6-12(9)15-7-10-4-5-17-8-10/h2-6,8H,7H2,1H3,(H2,14,16). The molecule has 2 aromatic rings. The lowest BCUT2D eigenvalue weighted by molar-refractivity contribution is 0.304. The van der Waals surface area contributed by atoms with Crippen LogP contribution in [0.5, 0.6) is 5.75 Å². The SMILES string of the molecule is Cc1ccc(C(N)=S)cc1OCc1ccsc1. The van der Waals surface area contributed by atoms with Crippen LogP contribution in [0.15, 0.2) is 35.0 Å². The van der Waals surface area contributed by atoms with Crippen LogP contribution in [0.2, 0.25) is 0 Å². The number of thiophene rings is 1. The third-order valence-corrected chi connectivity index (χ3v) is 3.41. The minimum atomic E-state index is 0.394. The molecule has 2 rings (SSSR count). The number of thiocarbonyl (C=S) groups is 1. The minimum Gasteiger partial charge on any atom is -0.489 e. The first kappa shape index (κ1) is 12.1. The number of rotatable bonds is 4. The fourth-order valence-corrected chi connectivity index (χ4v) is 2.23. The average molecular weight is 263 g/mol. The highest BCUT2D eigenvalue weighted by Crippen LogP contribution is 2.21. The number of hydrogen-bond acceptors (Lipinski definition) is 3. The Morgan fingerprint density at radius 1 is 1.41 bits per heavy atom. The average Bonchev–Trinajstić information content (AvgIpc) is 2.80. The summed E-state index contributed by atoms with van der Waals surface area (Å²) in [6.07, 6.45) is 0. The maximum absolute atomic E-state index is 5.76. The van der Waals surface area contributed by atoms with Gasteiger partial charge in [0, 0.05) is 5.56 Å². The molecule has 0 fully saturated rings. The van der Waals surface area contributed by atoms with Crippen molar-refractivity contribution in [1.82, 2.24) is 0 Å². The zero-order valence-corrected chi connectivity index (χ0v) is 11.1. The fraction of sp³-hybridized carbons (Fsp3) is 0.154. The molecule has 0 aliphatic heterocycles. The summed E-state index contributed by atoms with van der Waals surface area (Å²) in [5, 5.41) is 4.11. The Bertz CT molecular complexity index is 520. The summed E-state index contributed by atoms with van der Waals surface area (Å²) in [4.78, 5) is 0.394. The van der Waals surface area contributed by atoms with Crippen LogP contribution in [0, 0.1) is 6.92 Å². The van der Waals surface area contributed by atoms with E-state index in [4.69, 9.17) is 22.7 Å². The summed E-state index contributed by atoms with van der Waals surface area (Å²) < 4.78 is 5.76. The van der Waals surface area contributed by atoms with E-state index in [1.165, 1.54) is 5.56 Å². The van der Waals surface area contributed by atoms with E-state index in [1.54, 1.807) is 11.3 Å². The molecule has 0 bridgehead atoms. The molecule has 1 aromatic heterocycles. The van der Waals surface area contributed by atoms with Crippen LogP contribution in [0.3, 0.4) is 0 Å². The zero-order valence-electron chi connectivity index (χ0n) is 9.47. The summed E-state index contributed by atoms with van der Waals surface area (Å²) in [5.41, 5.74) is 8.70. The van der Waals surface area contributed by atoms with Crippen molar-refractivity contribution in [3.05, 3.63) is 51.7 Å². The van der Waals surface area contributed by atoms with Gasteiger partial charge in [0.25, 0.3) is 0 Å². The first-order valence-corrected chi connectivity index (χ1v) is 6.56. The van der Waals surface area contributed by atoms with Gasteiger partial charge in [-0.1, -0.05) is 24.4 Å². The molecule has 0 saturated carbocycles. The van der Waals surface area contributed by atoms with Crippen LogP contribution in [-0.4, -0.2) is 4.99 Å².